The lowest BCUT2D eigenvalue weighted by Gasteiger charge is -1.76. The summed E-state index contributed by atoms with van der Waals surface area (Å²) in [5, 5.41) is 8.76. The van der Waals surface area contributed by atoms with Crippen molar-refractivity contribution in [1.82, 2.24) is 21.1 Å². The number of nitrogens with one attached hydrogen (secondary N) is 2. The quantitative estimate of drug-likeness (QED) is 0.516. The summed E-state index contributed by atoms with van der Waals surface area (Å²) >= 11 is 0. The molecule has 5 heteroatoms. The number of carbonyl (C=O) groups is 1. The van der Waals surface area contributed by atoms with Crippen molar-refractivity contribution < 1.29 is 4.79 Å². The molecule has 0 atom stereocenters. The average Bonchev–Trinajstić information content (AvgIpc) is 2.12. The van der Waals surface area contributed by atoms with Crippen LogP contribution in [0.25, 0.3) is 0 Å². The summed E-state index contributed by atoms with van der Waals surface area (Å²) in [5.74, 6) is -0.796. The first-order valence-corrected chi connectivity index (χ1v) is 1.92. The van der Waals surface area contributed by atoms with Crippen LogP contribution in [-0.4, -0.2) is 21.3 Å². The van der Waals surface area contributed by atoms with Gasteiger partial charge >= 0.3 is 0 Å². The topological polar surface area (TPSA) is 82.4 Å². The van der Waals surface area contributed by atoms with Gasteiger partial charge in [0.05, 0.1) is 6.20 Å². The van der Waals surface area contributed by atoms with Crippen molar-refractivity contribution in [3.63, 3.8) is 0 Å². The maximum atomic E-state index is 10.1. The summed E-state index contributed by atoms with van der Waals surface area (Å²) in [6.45, 7) is 0. The molecule has 0 saturated carbocycles. The Morgan fingerprint density at radius 1 is 1.88 bits per heavy atom. The third kappa shape index (κ3) is 0.651. The van der Waals surface area contributed by atoms with E-state index in [2.05, 4.69) is 15.4 Å². The lowest BCUT2D eigenvalue weighted by molar-refractivity contribution is 0.0987. The van der Waals surface area contributed by atoms with Gasteiger partial charge in [0.15, 0.2) is 0 Å². The van der Waals surface area contributed by atoms with Gasteiger partial charge in [0.1, 0.15) is 5.69 Å². The van der Waals surface area contributed by atoms with Gasteiger partial charge < -0.3 is 0 Å². The van der Waals surface area contributed by atoms with Gasteiger partial charge in [-0.25, -0.2) is 0 Å². The minimum atomic E-state index is -0.796. The number of aromatic amines is 1. The van der Waals surface area contributed by atoms with Gasteiger partial charge in [-0.2, -0.15) is 0 Å². The number of hydrogen-bond donors (Lipinski definition) is 1. The van der Waals surface area contributed by atoms with Gasteiger partial charge in [-0.05, 0) is 0 Å². The van der Waals surface area contributed by atoms with Gasteiger partial charge in [0.25, 0.3) is 5.91 Å². The standard InChI is InChI=1S/C3H3N4O/c4-3(8)2-1-5-7-6-2/h1,4H,(H,5,6,7). The number of aromatic nitrogens is 3. The number of H-pyrrole nitrogens is 1. The van der Waals surface area contributed by atoms with E-state index in [-0.39, 0.29) is 5.69 Å². The summed E-state index contributed by atoms with van der Waals surface area (Å²) in [7, 11) is 0. The number of carbonyl (C=O) groups excluding carboxylic acids is 1. The van der Waals surface area contributed by atoms with Crippen LogP contribution in [0, 0.1) is 0 Å². The Kier molecular flexibility index (Phi) is 0.957. The second-order valence-electron chi connectivity index (χ2n) is 1.20. The first-order valence-electron chi connectivity index (χ1n) is 1.92. The van der Waals surface area contributed by atoms with E-state index in [1.54, 1.807) is 0 Å². The summed E-state index contributed by atoms with van der Waals surface area (Å²) < 4.78 is 0. The highest BCUT2D eigenvalue weighted by atomic mass is 16.1. The Labute approximate surface area is 44.9 Å². The van der Waals surface area contributed by atoms with E-state index in [1.807, 2.05) is 0 Å². The zero-order valence-electron chi connectivity index (χ0n) is 3.88. The highest BCUT2D eigenvalue weighted by molar-refractivity contribution is 5.89. The summed E-state index contributed by atoms with van der Waals surface area (Å²) in [5.41, 5.74) is 6.60. The molecular weight excluding hydrogens is 108 g/mol. The zero-order chi connectivity index (χ0) is 5.98. The third-order valence-corrected chi connectivity index (χ3v) is 0.660. The van der Waals surface area contributed by atoms with Gasteiger partial charge in [-0.15, -0.1) is 5.10 Å². The molecule has 0 fully saturated rings. The largest absolute Gasteiger partial charge is 0.289 e. The van der Waals surface area contributed by atoms with E-state index >= 15 is 0 Å². The van der Waals surface area contributed by atoms with Crippen LogP contribution in [-0.2, 0) is 0 Å². The molecule has 8 heavy (non-hydrogen) atoms. The Hall–Kier alpha value is -1.39. The zero-order valence-corrected chi connectivity index (χ0v) is 3.88. The Balaban J connectivity index is 2.93. The maximum Gasteiger partial charge on any atom is 0.289 e. The first kappa shape index (κ1) is 4.76. The number of amides is 1. The highest BCUT2D eigenvalue weighted by Gasteiger charge is 1.99. The molecule has 0 aliphatic heterocycles. The average molecular weight is 111 g/mol. The molecule has 1 heterocycles. The number of rotatable bonds is 1. The first-order chi connectivity index (χ1) is 3.80. The molecule has 0 bridgehead atoms. The molecule has 5 nitrogen and oxygen atoms in total. The molecular formula is C3H3N4O. The SMILES string of the molecule is [NH]C(=O)c1cnn[nH]1. The molecule has 1 rings (SSSR count). The van der Waals surface area contributed by atoms with E-state index in [0.29, 0.717) is 0 Å². The minimum Gasteiger partial charge on any atom is -0.266 e. The van der Waals surface area contributed by atoms with Gasteiger partial charge in [-0.1, -0.05) is 5.21 Å². The van der Waals surface area contributed by atoms with Crippen molar-refractivity contribution in [2.75, 3.05) is 0 Å². The van der Waals surface area contributed by atoms with Gasteiger partial charge in [0.2, 0.25) is 0 Å². The summed E-state index contributed by atoms with van der Waals surface area (Å²) in [6.07, 6.45) is 1.20. The molecule has 1 aromatic rings. The normalized spacial score (nSPS) is 9.00. The van der Waals surface area contributed by atoms with Crippen LogP contribution in [0.1, 0.15) is 10.5 Å². The fourth-order valence-electron chi connectivity index (χ4n) is 0.308. The Morgan fingerprint density at radius 3 is 2.88 bits per heavy atom. The van der Waals surface area contributed by atoms with Crippen LogP contribution in [0.4, 0.5) is 0 Å². The maximum absolute atomic E-state index is 10.1. The Bertz CT molecular complexity index is 179. The van der Waals surface area contributed by atoms with E-state index in [1.165, 1.54) is 6.20 Å². The van der Waals surface area contributed by atoms with Crippen LogP contribution in [0.2, 0.25) is 0 Å². The van der Waals surface area contributed by atoms with Crippen molar-refractivity contribution in [3.8, 4) is 0 Å². The fraction of sp³-hybridized carbons (Fsp3) is 0. The molecule has 2 N–H and O–H groups in total. The Morgan fingerprint density at radius 2 is 2.62 bits per heavy atom. The van der Waals surface area contributed by atoms with Crippen molar-refractivity contribution in [1.29, 1.82) is 0 Å². The molecule has 0 aliphatic carbocycles. The molecule has 0 saturated heterocycles. The van der Waals surface area contributed by atoms with Crippen LogP contribution in [0.3, 0.4) is 0 Å². The number of nitrogens with zero attached hydrogens (tertiary/aromatic N) is 2. The highest BCUT2D eigenvalue weighted by Crippen LogP contribution is 1.83. The summed E-state index contributed by atoms with van der Waals surface area (Å²) in [6, 6.07) is 0. The summed E-state index contributed by atoms with van der Waals surface area (Å²) in [4.78, 5) is 10.1. The smallest absolute Gasteiger partial charge is 0.266 e. The predicted molar refractivity (Wildman–Crippen MR) is 23.8 cm³/mol. The van der Waals surface area contributed by atoms with Crippen molar-refractivity contribution in [3.05, 3.63) is 11.9 Å². The molecule has 0 aromatic carbocycles. The molecule has 0 unspecified atom stereocenters. The van der Waals surface area contributed by atoms with E-state index in [4.69, 9.17) is 5.73 Å². The lowest BCUT2D eigenvalue weighted by atomic mass is 10.5. The molecule has 41 valence electrons. The van der Waals surface area contributed by atoms with Gasteiger partial charge in [-0.3, -0.25) is 15.6 Å². The van der Waals surface area contributed by atoms with E-state index < -0.39 is 5.91 Å². The van der Waals surface area contributed by atoms with Crippen molar-refractivity contribution in [2.45, 2.75) is 0 Å². The molecule has 1 radical (unpaired) electrons. The second-order valence-corrected chi connectivity index (χ2v) is 1.20. The van der Waals surface area contributed by atoms with Crippen molar-refractivity contribution >= 4 is 5.91 Å². The lowest BCUT2D eigenvalue weighted by Crippen LogP contribution is -1.98. The van der Waals surface area contributed by atoms with Gasteiger partial charge in [0, 0.05) is 0 Å². The van der Waals surface area contributed by atoms with E-state index in [9.17, 15) is 4.79 Å². The minimum absolute atomic E-state index is 0.116. The van der Waals surface area contributed by atoms with E-state index in [0.717, 1.165) is 0 Å². The van der Waals surface area contributed by atoms with Crippen LogP contribution >= 0.6 is 0 Å². The molecule has 1 amide bonds. The predicted octanol–water partition coefficient (Wildman–Crippen LogP) is -0.772. The van der Waals surface area contributed by atoms with Crippen LogP contribution in [0.5, 0.6) is 0 Å². The number of hydrogen-bond acceptors (Lipinski definition) is 3. The fourth-order valence-corrected chi connectivity index (χ4v) is 0.308. The molecule has 0 aliphatic rings. The third-order valence-electron chi connectivity index (χ3n) is 0.660. The molecule has 1 aromatic heterocycles. The van der Waals surface area contributed by atoms with Crippen LogP contribution in [0.15, 0.2) is 6.20 Å². The molecule has 0 spiro atoms. The monoisotopic (exact) mass is 111 g/mol. The van der Waals surface area contributed by atoms with Crippen LogP contribution < -0.4 is 5.73 Å². The van der Waals surface area contributed by atoms with Crippen molar-refractivity contribution in [2.24, 2.45) is 0 Å². The second kappa shape index (κ2) is 1.61.